The number of nitrogens with one attached hydrogen (secondary N) is 1. The smallest absolute Gasteiger partial charge is 0.264 e. The van der Waals surface area contributed by atoms with Crippen molar-refractivity contribution in [1.82, 2.24) is 5.32 Å². The van der Waals surface area contributed by atoms with Crippen molar-refractivity contribution >= 4 is 21.6 Å². The maximum Gasteiger partial charge on any atom is 0.264 e. The molecule has 3 aromatic carbocycles. The van der Waals surface area contributed by atoms with E-state index < -0.39 is 15.9 Å². The number of hydrogen-bond donors (Lipinski definition) is 1. The molecule has 0 aliphatic heterocycles. The first kappa shape index (κ1) is 23.3. The van der Waals surface area contributed by atoms with Crippen LogP contribution in [0.5, 0.6) is 5.75 Å². The predicted molar refractivity (Wildman–Crippen MR) is 126 cm³/mol. The third kappa shape index (κ3) is 5.29. The van der Waals surface area contributed by atoms with Gasteiger partial charge in [-0.25, -0.2) is 8.42 Å². The second kappa shape index (κ2) is 9.87. The normalized spacial score (nSPS) is 11.1. The van der Waals surface area contributed by atoms with Crippen LogP contribution in [-0.2, 0) is 21.4 Å². The Morgan fingerprint density at radius 2 is 1.66 bits per heavy atom. The first-order valence-corrected chi connectivity index (χ1v) is 11.7. The third-order valence-electron chi connectivity index (χ3n) is 5.36. The number of nitrogens with zero attached hydrogens (tertiary/aromatic N) is 1. The van der Waals surface area contributed by atoms with E-state index in [-0.39, 0.29) is 18.0 Å². The Hall–Kier alpha value is -3.32. The zero-order chi connectivity index (χ0) is 23.3. The molecule has 3 aromatic rings. The molecule has 32 heavy (non-hydrogen) atoms. The van der Waals surface area contributed by atoms with Crippen LogP contribution in [0.25, 0.3) is 0 Å². The Labute approximate surface area is 189 Å². The quantitative estimate of drug-likeness (QED) is 0.558. The number of rotatable bonds is 8. The van der Waals surface area contributed by atoms with Crippen molar-refractivity contribution in [3.8, 4) is 5.75 Å². The van der Waals surface area contributed by atoms with Crippen molar-refractivity contribution in [1.29, 1.82) is 0 Å². The lowest BCUT2D eigenvalue weighted by atomic mass is 10.1. The largest absolute Gasteiger partial charge is 0.497 e. The number of sulfonamides is 1. The van der Waals surface area contributed by atoms with Gasteiger partial charge in [0.1, 0.15) is 12.3 Å². The Bertz CT molecular complexity index is 1200. The van der Waals surface area contributed by atoms with Gasteiger partial charge in [-0.2, -0.15) is 0 Å². The van der Waals surface area contributed by atoms with Crippen LogP contribution in [0.3, 0.4) is 0 Å². The first-order chi connectivity index (χ1) is 15.2. The van der Waals surface area contributed by atoms with E-state index in [0.29, 0.717) is 11.4 Å². The van der Waals surface area contributed by atoms with E-state index in [9.17, 15) is 13.2 Å². The fourth-order valence-electron chi connectivity index (χ4n) is 3.31. The average Bonchev–Trinajstić information content (AvgIpc) is 2.78. The number of carbonyl (C=O) groups is 1. The van der Waals surface area contributed by atoms with Gasteiger partial charge in [0, 0.05) is 6.54 Å². The molecule has 7 heteroatoms. The van der Waals surface area contributed by atoms with Crippen LogP contribution in [0.1, 0.15) is 22.3 Å². The molecule has 1 N–H and O–H groups in total. The minimum Gasteiger partial charge on any atom is -0.497 e. The van der Waals surface area contributed by atoms with Gasteiger partial charge in [0.2, 0.25) is 5.91 Å². The molecular weight excluding hydrogens is 424 g/mol. The van der Waals surface area contributed by atoms with E-state index in [1.54, 1.807) is 43.5 Å². The summed E-state index contributed by atoms with van der Waals surface area (Å²) in [6.45, 7) is 5.60. The molecular formula is C25H28N2O4S. The number of anilines is 1. The van der Waals surface area contributed by atoms with Crippen LogP contribution in [0.15, 0.2) is 71.6 Å². The van der Waals surface area contributed by atoms with Crippen LogP contribution in [0, 0.1) is 20.8 Å². The van der Waals surface area contributed by atoms with Crippen molar-refractivity contribution in [2.24, 2.45) is 0 Å². The Balaban J connectivity index is 1.89. The number of ether oxygens (including phenoxy) is 1. The average molecular weight is 453 g/mol. The first-order valence-electron chi connectivity index (χ1n) is 10.3. The highest BCUT2D eigenvalue weighted by molar-refractivity contribution is 7.92. The molecule has 0 aromatic heterocycles. The molecule has 0 aliphatic carbocycles. The van der Waals surface area contributed by atoms with Crippen molar-refractivity contribution in [3.05, 3.63) is 89.0 Å². The molecule has 0 saturated carbocycles. The van der Waals surface area contributed by atoms with E-state index in [1.165, 1.54) is 4.31 Å². The lowest BCUT2D eigenvalue weighted by Crippen LogP contribution is -2.41. The van der Waals surface area contributed by atoms with Crippen LogP contribution in [-0.4, -0.2) is 28.0 Å². The number of aryl methyl sites for hydroxylation is 2. The fourth-order valence-corrected chi connectivity index (χ4v) is 4.79. The highest BCUT2D eigenvalue weighted by Crippen LogP contribution is 2.28. The zero-order valence-corrected chi connectivity index (χ0v) is 19.6. The Morgan fingerprint density at radius 3 is 2.34 bits per heavy atom. The topological polar surface area (TPSA) is 75.7 Å². The summed E-state index contributed by atoms with van der Waals surface area (Å²) in [5.74, 6) is 0.292. The molecule has 0 fully saturated rings. The Kier molecular flexibility index (Phi) is 7.20. The standard InChI is InChI=1S/C25H28N2O4S/c1-18-11-13-23(14-12-18)32(29,30)27(24-10-5-7-19(2)20(24)3)17-25(28)26-16-21-8-6-9-22(15-21)31-4/h5-15H,16-17H2,1-4H3,(H,26,28). The number of amides is 1. The summed E-state index contributed by atoms with van der Waals surface area (Å²) in [6.07, 6.45) is 0. The number of benzene rings is 3. The van der Waals surface area contributed by atoms with Gasteiger partial charge < -0.3 is 10.1 Å². The fraction of sp³-hybridized carbons (Fsp3) is 0.240. The molecule has 0 atom stereocenters. The summed E-state index contributed by atoms with van der Waals surface area (Å²) < 4.78 is 33.5. The minimum atomic E-state index is -3.95. The van der Waals surface area contributed by atoms with Crippen molar-refractivity contribution in [2.75, 3.05) is 18.0 Å². The predicted octanol–water partition coefficient (Wildman–Crippen LogP) is 4.13. The van der Waals surface area contributed by atoms with E-state index in [0.717, 1.165) is 22.3 Å². The zero-order valence-electron chi connectivity index (χ0n) is 18.8. The van der Waals surface area contributed by atoms with Gasteiger partial charge in [-0.1, -0.05) is 42.0 Å². The highest BCUT2D eigenvalue weighted by Gasteiger charge is 2.28. The molecule has 0 aliphatic rings. The van der Waals surface area contributed by atoms with Gasteiger partial charge in [0.25, 0.3) is 10.0 Å². The molecule has 1 amide bonds. The van der Waals surface area contributed by atoms with E-state index in [2.05, 4.69) is 5.32 Å². The lowest BCUT2D eigenvalue weighted by molar-refractivity contribution is -0.119. The SMILES string of the molecule is COc1cccc(CNC(=O)CN(c2cccc(C)c2C)S(=O)(=O)c2ccc(C)cc2)c1. The molecule has 0 bridgehead atoms. The van der Waals surface area contributed by atoms with Gasteiger partial charge >= 0.3 is 0 Å². The maximum absolute atomic E-state index is 13.5. The maximum atomic E-state index is 13.5. The Morgan fingerprint density at radius 1 is 0.969 bits per heavy atom. The molecule has 0 radical (unpaired) electrons. The van der Waals surface area contributed by atoms with Crippen molar-refractivity contribution in [2.45, 2.75) is 32.2 Å². The summed E-state index contributed by atoms with van der Waals surface area (Å²) >= 11 is 0. The number of methoxy groups -OCH3 is 1. The molecule has 0 saturated heterocycles. The van der Waals surface area contributed by atoms with Crippen molar-refractivity contribution < 1.29 is 17.9 Å². The van der Waals surface area contributed by atoms with Crippen LogP contribution < -0.4 is 14.4 Å². The summed E-state index contributed by atoms with van der Waals surface area (Å²) in [7, 11) is -2.37. The summed E-state index contributed by atoms with van der Waals surface area (Å²) in [5.41, 5.74) is 4.06. The summed E-state index contributed by atoms with van der Waals surface area (Å²) in [4.78, 5) is 13.0. The number of carbonyl (C=O) groups excluding carboxylic acids is 1. The van der Waals surface area contributed by atoms with E-state index in [1.807, 2.05) is 51.1 Å². The monoisotopic (exact) mass is 452 g/mol. The summed E-state index contributed by atoms with van der Waals surface area (Å²) in [5, 5.41) is 2.82. The van der Waals surface area contributed by atoms with Crippen LogP contribution in [0.4, 0.5) is 5.69 Å². The summed E-state index contributed by atoms with van der Waals surface area (Å²) in [6, 6.07) is 19.4. The van der Waals surface area contributed by atoms with Gasteiger partial charge in [-0.05, 0) is 67.8 Å². The van der Waals surface area contributed by atoms with Crippen LogP contribution >= 0.6 is 0 Å². The van der Waals surface area contributed by atoms with Gasteiger partial charge in [-0.3, -0.25) is 9.10 Å². The minimum absolute atomic E-state index is 0.143. The van der Waals surface area contributed by atoms with Crippen molar-refractivity contribution in [3.63, 3.8) is 0 Å². The molecule has 168 valence electrons. The van der Waals surface area contributed by atoms with E-state index in [4.69, 9.17) is 4.74 Å². The molecule has 0 unspecified atom stereocenters. The molecule has 0 spiro atoms. The molecule has 6 nitrogen and oxygen atoms in total. The molecule has 3 rings (SSSR count). The third-order valence-corrected chi connectivity index (χ3v) is 7.14. The van der Waals surface area contributed by atoms with Gasteiger partial charge in [-0.15, -0.1) is 0 Å². The van der Waals surface area contributed by atoms with E-state index >= 15 is 0 Å². The van der Waals surface area contributed by atoms with Gasteiger partial charge in [0.05, 0.1) is 17.7 Å². The second-order valence-electron chi connectivity index (χ2n) is 7.67. The second-order valence-corrected chi connectivity index (χ2v) is 9.53. The highest BCUT2D eigenvalue weighted by atomic mass is 32.2. The molecule has 0 heterocycles. The number of hydrogen-bond acceptors (Lipinski definition) is 4. The lowest BCUT2D eigenvalue weighted by Gasteiger charge is -2.26. The van der Waals surface area contributed by atoms with Crippen LogP contribution in [0.2, 0.25) is 0 Å². The van der Waals surface area contributed by atoms with Gasteiger partial charge in [0.15, 0.2) is 0 Å².